The van der Waals surface area contributed by atoms with Gasteiger partial charge in [-0.25, -0.2) is 0 Å². The van der Waals surface area contributed by atoms with Crippen LogP contribution in [0.1, 0.15) is 25.3 Å². The Bertz CT molecular complexity index is 479. The molecule has 0 aliphatic heterocycles. The van der Waals surface area contributed by atoms with Gasteiger partial charge in [0.05, 0.1) is 0 Å². The van der Waals surface area contributed by atoms with Crippen molar-refractivity contribution in [3.63, 3.8) is 0 Å². The van der Waals surface area contributed by atoms with Crippen molar-refractivity contribution in [2.75, 3.05) is 6.66 Å². The van der Waals surface area contributed by atoms with Gasteiger partial charge in [-0.3, -0.25) is 0 Å². The van der Waals surface area contributed by atoms with E-state index in [1.165, 1.54) is 16.2 Å². The average molecular weight is 253 g/mol. The third kappa shape index (κ3) is 3.24. The van der Waals surface area contributed by atoms with Crippen molar-refractivity contribution in [2.45, 2.75) is 19.8 Å². The molecule has 2 aromatic carbocycles. The van der Waals surface area contributed by atoms with Gasteiger partial charge in [-0.1, -0.05) is 68.4 Å². The zero-order valence-electron chi connectivity index (χ0n) is 11.3. The highest BCUT2D eigenvalue weighted by Gasteiger charge is 2.13. The minimum atomic E-state index is -0.224. The molecule has 18 heavy (non-hydrogen) atoms. The van der Waals surface area contributed by atoms with E-state index in [4.69, 9.17) is 0 Å². The van der Waals surface area contributed by atoms with Crippen LogP contribution in [0.15, 0.2) is 54.6 Å². The quantitative estimate of drug-likeness (QED) is 0.580. The lowest BCUT2D eigenvalue weighted by atomic mass is 10.0. The van der Waals surface area contributed by atoms with Gasteiger partial charge in [0.1, 0.15) is 0 Å². The SMILES string of the molecule is CC(C)c1ccccc1P(C)c1ccccc1.[B]. The smallest absolute Gasteiger partial charge is 0 e. The maximum absolute atomic E-state index is 2.35. The van der Waals surface area contributed by atoms with E-state index >= 15 is 0 Å². The van der Waals surface area contributed by atoms with Crippen molar-refractivity contribution in [1.29, 1.82) is 0 Å². The fraction of sp³-hybridized carbons (Fsp3) is 0.250. The lowest BCUT2D eigenvalue weighted by Crippen LogP contribution is -2.15. The van der Waals surface area contributed by atoms with Crippen LogP contribution in [0.3, 0.4) is 0 Å². The van der Waals surface area contributed by atoms with Crippen LogP contribution in [-0.4, -0.2) is 15.1 Å². The highest BCUT2D eigenvalue weighted by atomic mass is 31.1. The molecule has 0 spiro atoms. The largest absolute Gasteiger partial charge is 0.0622 e. The number of hydrogen-bond acceptors (Lipinski definition) is 0. The molecule has 3 radical (unpaired) electrons. The van der Waals surface area contributed by atoms with Crippen molar-refractivity contribution in [1.82, 2.24) is 0 Å². The van der Waals surface area contributed by atoms with Crippen LogP contribution >= 0.6 is 7.92 Å². The molecular weight excluding hydrogens is 234 g/mol. The first-order valence-corrected chi connectivity index (χ1v) is 7.86. The maximum Gasteiger partial charge on any atom is 0 e. The molecular formula is C16H19BP. The first-order valence-electron chi connectivity index (χ1n) is 6.08. The molecule has 2 heteroatoms. The fourth-order valence-corrected chi connectivity index (χ4v) is 4.00. The van der Waals surface area contributed by atoms with E-state index in [0.29, 0.717) is 5.92 Å². The van der Waals surface area contributed by atoms with Crippen molar-refractivity contribution < 1.29 is 0 Å². The topological polar surface area (TPSA) is 0 Å². The lowest BCUT2D eigenvalue weighted by Gasteiger charge is -2.19. The molecule has 0 aromatic heterocycles. The summed E-state index contributed by atoms with van der Waals surface area (Å²) in [6.45, 7) is 6.89. The van der Waals surface area contributed by atoms with E-state index in [0.717, 1.165) is 0 Å². The van der Waals surface area contributed by atoms with Gasteiger partial charge < -0.3 is 0 Å². The van der Waals surface area contributed by atoms with Crippen LogP contribution in [-0.2, 0) is 0 Å². The van der Waals surface area contributed by atoms with Gasteiger partial charge in [-0.05, 0) is 36.7 Å². The highest BCUT2D eigenvalue weighted by molar-refractivity contribution is 7.72. The summed E-state index contributed by atoms with van der Waals surface area (Å²) >= 11 is 0. The Balaban J connectivity index is 0.00000162. The third-order valence-corrected chi connectivity index (χ3v) is 5.27. The fourth-order valence-electron chi connectivity index (χ4n) is 2.07. The minimum absolute atomic E-state index is 0. The number of hydrogen-bond donors (Lipinski definition) is 0. The van der Waals surface area contributed by atoms with Gasteiger partial charge in [-0.2, -0.15) is 0 Å². The predicted octanol–water partition coefficient (Wildman–Crippen LogP) is 3.49. The van der Waals surface area contributed by atoms with Gasteiger partial charge in [0.25, 0.3) is 0 Å². The summed E-state index contributed by atoms with van der Waals surface area (Å²) < 4.78 is 0. The van der Waals surface area contributed by atoms with Gasteiger partial charge in [0.2, 0.25) is 0 Å². The molecule has 2 aromatic rings. The Morgan fingerprint density at radius 1 is 0.833 bits per heavy atom. The van der Waals surface area contributed by atoms with Crippen LogP contribution in [0.4, 0.5) is 0 Å². The van der Waals surface area contributed by atoms with Crippen LogP contribution in [0.25, 0.3) is 0 Å². The molecule has 0 saturated carbocycles. The van der Waals surface area contributed by atoms with Gasteiger partial charge in [0, 0.05) is 8.41 Å². The molecule has 0 aliphatic carbocycles. The molecule has 0 saturated heterocycles. The average Bonchev–Trinajstić information content (AvgIpc) is 2.39. The summed E-state index contributed by atoms with van der Waals surface area (Å²) in [5.74, 6) is 0.597. The number of rotatable bonds is 3. The summed E-state index contributed by atoms with van der Waals surface area (Å²) in [4.78, 5) is 0. The first kappa shape index (κ1) is 15.0. The number of benzene rings is 2. The molecule has 0 N–H and O–H groups in total. The second-order valence-electron chi connectivity index (χ2n) is 4.61. The molecule has 0 bridgehead atoms. The highest BCUT2D eigenvalue weighted by Crippen LogP contribution is 2.32. The van der Waals surface area contributed by atoms with Gasteiger partial charge in [0.15, 0.2) is 0 Å². The Morgan fingerprint density at radius 3 is 2.00 bits per heavy atom. The molecule has 1 atom stereocenters. The van der Waals surface area contributed by atoms with Crippen LogP contribution < -0.4 is 10.6 Å². The summed E-state index contributed by atoms with van der Waals surface area (Å²) in [7, 11) is -0.224. The summed E-state index contributed by atoms with van der Waals surface area (Å²) in [5, 5.41) is 2.97. The summed E-state index contributed by atoms with van der Waals surface area (Å²) in [5.41, 5.74) is 1.49. The van der Waals surface area contributed by atoms with Crippen molar-refractivity contribution in [2.24, 2.45) is 0 Å². The minimum Gasteiger partial charge on any atom is -0.0622 e. The third-order valence-electron chi connectivity index (χ3n) is 3.06. The van der Waals surface area contributed by atoms with Crippen LogP contribution in [0, 0.1) is 0 Å². The Hall–Kier alpha value is -1.07. The molecule has 0 amide bonds. The summed E-state index contributed by atoms with van der Waals surface area (Å²) in [6.07, 6.45) is 0. The molecule has 91 valence electrons. The zero-order valence-corrected chi connectivity index (χ0v) is 12.2. The van der Waals surface area contributed by atoms with Gasteiger partial charge in [-0.15, -0.1) is 0 Å². The first-order chi connectivity index (χ1) is 8.20. The van der Waals surface area contributed by atoms with Crippen LogP contribution in [0.2, 0.25) is 0 Å². The molecule has 0 aliphatic rings. The van der Waals surface area contributed by atoms with E-state index < -0.39 is 0 Å². The van der Waals surface area contributed by atoms with Gasteiger partial charge >= 0.3 is 0 Å². The molecule has 0 heterocycles. The molecule has 1 unspecified atom stereocenters. The second kappa shape index (κ2) is 6.76. The Labute approximate surface area is 114 Å². The Morgan fingerprint density at radius 2 is 1.39 bits per heavy atom. The van der Waals surface area contributed by atoms with E-state index in [9.17, 15) is 0 Å². The van der Waals surface area contributed by atoms with E-state index in [1.807, 2.05) is 0 Å². The van der Waals surface area contributed by atoms with Crippen molar-refractivity contribution in [3.8, 4) is 0 Å². The van der Waals surface area contributed by atoms with E-state index in [1.54, 1.807) is 0 Å². The van der Waals surface area contributed by atoms with E-state index in [-0.39, 0.29) is 16.3 Å². The molecule has 2 rings (SSSR count). The van der Waals surface area contributed by atoms with Crippen LogP contribution in [0.5, 0.6) is 0 Å². The lowest BCUT2D eigenvalue weighted by molar-refractivity contribution is 0.873. The standard InChI is InChI=1S/C16H19P.B/c1-13(2)15-11-7-8-12-16(15)17(3)14-9-5-4-6-10-14;/h4-13H,1-3H3;. The molecule has 0 fully saturated rings. The Kier molecular flexibility index (Phi) is 5.63. The maximum atomic E-state index is 2.35. The molecule has 0 nitrogen and oxygen atoms in total. The van der Waals surface area contributed by atoms with Crippen molar-refractivity contribution >= 4 is 26.9 Å². The second-order valence-corrected chi connectivity index (χ2v) is 6.72. The summed E-state index contributed by atoms with van der Waals surface area (Å²) in [6, 6.07) is 19.7. The predicted molar refractivity (Wildman–Crippen MR) is 84.8 cm³/mol. The normalized spacial score (nSPS) is 12.0. The van der Waals surface area contributed by atoms with E-state index in [2.05, 4.69) is 75.1 Å². The van der Waals surface area contributed by atoms with Crippen molar-refractivity contribution in [3.05, 3.63) is 60.2 Å². The monoisotopic (exact) mass is 253 g/mol. The zero-order chi connectivity index (χ0) is 12.3.